The maximum Gasteiger partial charge on any atom is 0.339 e. The van der Waals surface area contributed by atoms with Crippen LogP contribution in [0.15, 0.2) is 112 Å². The van der Waals surface area contributed by atoms with Crippen LogP contribution in [0.2, 0.25) is 5.04 Å². The molecule has 1 aromatic heterocycles. The molecule has 5 aromatic rings. The SMILES string of the molecule is COc1cccc(Cc2cc3c(OC)cc(CO[Si](c4ccccc4)(c4ccccc4)C(C)(C)C)cc3oc2=O)c1. The van der Waals surface area contributed by atoms with Crippen molar-refractivity contribution < 1.29 is 18.3 Å². The highest BCUT2D eigenvalue weighted by Crippen LogP contribution is 2.38. The van der Waals surface area contributed by atoms with E-state index in [1.54, 1.807) is 14.2 Å². The summed E-state index contributed by atoms with van der Waals surface area (Å²) in [5.41, 5.74) is 2.51. The molecule has 0 aliphatic carbocycles. The zero-order valence-electron chi connectivity index (χ0n) is 24.3. The topological polar surface area (TPSA) is 57.9 Å². The second-order valence-corrected chi connectivity index (χ2v) is 15.6. The summed E-state index contributed by atoms with van der Waals surface area (Å²) in [5, 5.41) is 3.01. The lowest BCUT2D eigenvalue weighted by Gasteiger charge is -2.43. The van der Waals surface area contributed by atoms with E-state index in [1.807, 2.05) is 54.6 Å². The Morgan fingerprint density at radius 3 is 1.98 bits per heavy atom. The Hall–Kier alpha value is -4.13. The lowest BCUT2D eigenvalue weighted by molar-refractivity contribution is 0.285. The molecule has 0 amide bonds. The van der Waals surface area contributed by atoms with Crippen LogP contribution in [-0.4, -0.2) is 22.5 Å². The number of ether oxygens (including phenoxy) is 2. The van der Waals surface area contributed by atoms with Crippen LogP contribution < -0.4 is 25.5 Å². The Morgan fingerprint density at radius 1 is 0.732 bits per heavy atom. The predicted octanol–water partition coefficient (Wildman–Crippen LogP) is 6.48. The van der Waals surface area contributed by atoms with E-state index < -0.39 is 8.32 Å². The number of hydrogen-bond donors (Lipinski definition) is 0. The fourth-order valence-corrected chi connectivity index (χ4v) is 10.2. The summed E-state index contributed by atoms with van der Waals surface area (Å²) >= 11 is 0. The Bertz CT molecular complexity index is 1650. The summed E-state index contributed by atoms with van der Waals surface area (Å²) in [4.78, 5) is 13.1. The van der Waals surface area contributed by atoms with Crippen molar-refractivity contribution in [2.24, 2.45) is 0 Å². The van der Waals surface area contributed by atoms with Gasteiger partial charge < -0.3 is 18.3 Å². The Labute approximate surface area is 242 Å². The average Bonchev–Trinajstić information content (AvgIpc) is 2.98. The van der Waals surface area contributed by atoms with E-state index in [0.717, 1.165) is 22.3 Å². The van der Waals surface area contributed by atoms with Gasteiger partial charge in [0.2, 0.25) is 0 Å². The molecule has 0 N–H and O–H groups in total. The van der Waals surface area contributed by atoms with Gasteiger partial charge in [0, 0.05) is 12.0 Å². The molecule has 0 aliphatic rings. The monoisotopic (exact) mass is 564 g/mol. The normalized spacial score (nSPS) is 11.9. The van der Waals surface area contributed by atoms with Crippen LogP contribution in [0.1, 0.15) is 37.5 Å². The van der Waals surface area contributed by atoms with Crippen molar-refractivity contribution in [1.29, 1.82) is 0 Å². The molecule has 210 valence electrons. The highest BCUT2D eigenvalue weighted by Gasteiger charge is 2.50. The molecule has 0 atom stereocenters. The van der Waals surface area contributed by atoms with Gasteiger partial charge in [-0.15, -0.1) is 0 Å². The molecule has 41 heavy (non-hydrogen) atoms. The van der Waals surface area contributed by atoms with E-state index in [4.69, 9.17) is 18.3 Å². The zero-order chi connectivity index (χ0) is 29.0. The van der Waals surface area contributed by atoms with Crippen molar-refractivity contribution in [3.8, 4) is 11.5 Å². The van der Waals surface area contributed by atoms with Gasteiger partial charge in [0.25, 0.3) is 8.32 Å². The van der Waals surface area contributed by atoms with Crippen molar-refractivity contribution in [2.75, 3.05) is 14.2 Å². The molecule has 1 heterocycles. The predicted molar refractivity (Wildman–Crippen MR) is 167 cm³/mol. The molecule has 0 spiro atoms. The van der Waals surface area contributed by atoms with Gasteiger partial charge in [-0.1, -0.05) is 93.6 Å². The van der Waals surface area contributed by atoms with E-state index in [1.165, 1.54) is 10.4 Å². The van der Waals surface area contributed by atoms with Crippen LogP contribution in [0.5, 0.6) is 11.5 Å². The van der Waals surface area contributed by atoms with E-state index in [2.05, 4.69) is 69.3 Å². The molecule has 4 aromatic carbocycles. The summed E-state index contributed by atoms with van der Waals surface area (Å²) in [6.45, 7) is 7.10. The lowest BCUT2D eigenvalue weighted by Crippen LogP contribution is -2.66. The van der Waals surface area contributed by atoms with Crippen molar-refractivity contribution in [3.63, 3.8) is 0 Å². The first kappa shape index (κ1) is 28.4. The van der Waals surface area contributed by atoms with E-state index in [0.29, 0.717) is 29.9 Å². The number of hydrogen-bond acceptors (Lipinski definition) is 5. The summed E-state index contributed by atoms with van der Waals surface area (Å²) in [6, 6.07) is 34.5. The fraction of sp³-hybridized carbons (Fsp3) is 0.229. The highest BCUT2D eigenvalue weighted by atomic mass is 28.4. The van der Waals surface area contributed by atoms with Crippen LogP contribution in [0.25, 0.3) is 11.0 Å². The highest BCUT2D eigenvalue weighted by molar-refractivity contribution is 6.99. The summed E-state index contributed by atoms with van der Waals surface area (Å²) < 4.78 is 24.1. The van der Waals surface area contributed by atoms with E-state index in [-0.39, 0.29) is 10.7 Å². The zero-order valence-corrected chi connectivity index (χ0v) is 25.3. The van der Waals surface area contributed by atoms with Crippen LogP contribution >= 0.6 is 0 Å². The largest absolute Gasteiger partial charge is 0.497 e. The molecule has 5 nitrogen and oxygen atoms in total. The van der Waals surface area contributed by atoms with E-state index in [9.17, 15) is 4.79 Å². The first-order chi connectivity index (χ1) is 19.7. The number of benzene rings is 4. The van der Waals surface area contributed by atoms with Crippen LogP contribution in [0.3, 0.4) is 0 Å². The van der Waals surface area contributed by atoms with Crippen LogP contribution in [0.4, 0.5) is 0 Å². The number of methoxy groups -OCH3 is 2. The lowest BCUT2D eigenvalue weighted by atomic mass is 10.0. The molecular formula is C35H36O5Si. The maximum absolute atomic E-state index is 13.1. The number of rotatable bonds is 9. The van der Waals surface area contributed by atoms with E-state index >= 15 is 0 Å². The molecule has 0 saturated carbocycles. The second-order valence-electron chi connectivity index (χ2n) is 11.2. The molecule has 6 heteroatoms. The Balaban J connectivity index is 1.54. The second kappa shape index (κ2) is 11.8. The van der Waals surface area contributed by atoms with Crippen LogP contribution in [0, 0.1) is 0 Å². The third kappa shape index (κ3) is 5.71. The fourth-order valence-electron chi connectivity index (χ4n) is 5.61. The minimum atomic E-state index is -2.74. The smallest absolute Gasteiger partial charge is 0.339 e. The first-order valence-corrected chi connectivity index (χ1v) is 15.7. The van der Waals surface area contributed by atoms with Gasteiger partial charge in [-0.2, -0.15) is 0 Å². The molecule has 0 aliphatic heterocycles. The third-order valence-corrected chi connectivity index (χ3v) is 12.6. The summed E-state index contributed by atoms with van der Waals surface area (Å²) in [6.07, 6.45) is 0.428. The summed E-state index contributed by atoms with van der Waals surface area (Å²) in [7, 11) is 0.520. The Kier molecular flexibility index (Phi) is 8.15. The van der Waals surface area contributed by atoms with Gasteiger partial charge in [0.1, 0.15) is 17.1 Å². The van der Waals surface area contributed by atoms with Gasteiger partial charge in [-0.25, -0.2) is 4.79 Å². The molecule has 0 fully saturated rings. The van der Waals surface area contributed by atoms with Crippen molar-refractivity contribution in [1.82, 2.24) is 0 Å². The molecular weight excluding hydrogens is 528 g/mol. The van der Waals surface area contributed by atoms with Crippen molar-refractivity contribution >= 4 is 29.7 Å². The maximum atomic E-state index is 13.1. The minimum absolute atomic E-state index is 0.155. The molecule has 0 radical (unpaired) electrons. The quantitative estimate of drug-likeness (QED) is 0.152. The molecule has 0 saturated heterocycles. The van der Waals surface area contributed by atoms with Crippen LogP contribution in [-0.2, 0) is 17.5 Å². The van der Waals surface area contributed by atoms with Gasteiger partial charge in [-0.3, -0.25) is 0 Å². The Morgan fingerprint density at radius 2 is 1.39 bits per heavy atom. The van der Waals surface area contributed by atoms with Gasteiger partial charge >= 0.3 is 5.63 Å². The molecule has 5 rings (SSSR count). The average molecular weight is 565 g/mol. The standard InChI is InChI=1S/C35H36O5Si/c1-35(2,3)41(29-15-8-6-9-16-29,30-17-10-7-11-18-30)39-24-26-21-32(38-5)31-23-27(34(36)40-33(31)22-26)19-25-13-12-14-28(20-25)37-4/h6-18,20-23H,19,24H2,1-5H3. The first-order valence-electron chi connectivity index (χ1n) is 13.8. The summed E-state index contributed by atoms with van der Waals surface area (Å²) in [5.74, 6) is 1.38. The van der Waals surface area contributed by atoms with Crippen molar-refractivity contribution in [2.45, 2.75) is 38.8 Å². The van der Waals surface area contributed by atoms with Gasteiger partial charge in [0.15, 0.2) is 0 Å². The number of fused-ring (bicyclic) bond motifs is 1. The van der Waals surface area contributed by atoms with Gasteiger partial charge in [-0.05, 0) is 56.9 Å². The minimum Gasteiger partial charge on any atom is -0.497 e. The van der Waals surface area contributed by atoms with Gasteiger partial charge in [0.05, 0.1) is 26.2 Å². The molecule has 0 unspecified atom stereocenters. The van der Waals surface area contributed by atoms with Crippen molar-refractivity contribution in [3.05, 3.63) is 130 Å². The molecule has 0 bridgehead atoms. The third-order valence-electron chi connectivity index (χ3n) is 7.57.